The van der Waals surface area contributed by atoms with Gasteiger partial charge in [-0.1, -0.05) is 48.5 Å². The topological polar surface area (TPSA) is 49.1 Å². The molecule has 0 saturated heterocycles. The van der Waals surface area contributed by atoms with Gasteiger partial charge in [0, 0.05) is 9.13 Å². The summed E-state index contributed by atoms with van der Waals surface area (Å²) in [5.41, 5.74) is 5.62. The van der Waals surface area contributed by atoms with Gasteiger partial charge in [0.15, 0.2) is 0 Å². The van der Waals surface area contributed by atoms with E-state index in [2.05, 4.69) is 43.3 Å². The van der Waals surface area contributed by atoms with Crippen molar-refractivity contribution in [3.63, 3.8) is 0 Å². The largest absolute Gasteiger partial charge is 0.276 e. The second-order valence-corrected chi connectivity index (χ2v) is 6.20. The lowest BCUT2D eigenvalue weighted by atomic mass is 10.2. The van der Waals surface area contributed by atoms with Gasteiger partial charge in [0.05, 0.1) is 11.4 Å². The van der Waals surface area contributed by atoms with E-state index in [1.54, 1.807) is 0 Å². The molecule has 0 atom stereocenters. The maximum atomic E-state index is 4.41. The lowest BCUT2D eigenvalue weighted by Crippen LogP contribution is -2.01. The van der Waals surface area contributed by atoms with Gasteiger partial charge in [-0.05, 0) is 59.0 Å². The minimum atomic E-state index is 0.526. The van der Waals surface area contributed by atoms with E-state index in [1.165, 1.54) is 3.57 Å². The van der Waals surface area contributed by atoms with E-state index in [-0.39, 0.29) is 0 Å². The highest BCUT2D eigenvalue weighted by atomic mass is 127. The molecule has 5 heteroatoms. The van der Waals surface area contributed by atoms with Gasteiger partial charge in [-0.25, -0.2) is 0 Å². The number of hydrogen-bond acceptors (Lipinski definition) is 3. The van der Waals surface area contributed by atoms with E-state index in [1.807, 2.05) is 84.9 Å². The molecule has 0 spiro atoms. The predicted octanol–water partition coefficient (Wildman–Crippen LogP) is 5.85. The number of rotatable bonds is 4. The molecular weight excluding hydrogens is 411 g/mol. The molecule has 0 heterocycles. The summed E-state index contributed by atoms with van der Waals surface area (Å²) in [7, 11) is 0. The molecule has 4 nitrogen and oxygen atoms in total. The third-order valence-corrected chi connectivity index (χ3v) is 3.90. The smallest absolute Gasteiger partial charge is 0.201 e. The van der Waals surface area contributed by atoms with E-state index in [0.29, 0.717) is 5.84 Å². The maximum Gasteiger partial charge on any atom is 0.201 e. The molecule has 3 rings (SSSR count). The molecule has 0 aliphatic rings. The van der Waals surface area contributed by atoms with Gasteiger partial charge in [0.2, 0.25) is 5.84 Å². The van der Waals surface area contributed by atoms with E-state index in [0.717, 1.165) is 16.9 Å². The van der Waals surface area contributed by atoms with E-state index in [9.17, 15) is 0 Å². The number of hydrogen-bond donors (Lipinski definition) is 1. The number of nitrogens with one attached hydrogen (secondary N) is 1. The highest BCUT2D eigenvalue weighted by Gasteiger charge is 2.02. The van der Waals surface area contributed by atoms with Gasteiger partial charge in [-0.2, -0.15) is 5.10 Å². The molecule has 24 heavy (non-hydrogen) atoms. The standard InChI is InChI=1S/C19H15IN4/c20-16-11-13-18(14-12-16)22-24-19(15-7-3-1-4-8-15)23-21-17-9-5-2-6-10-17/h1-14,22H/b23-21+,24-19+. The Balaban J connectivity index is 1.86. The van der Waals surface area contributed by atoms with Crippen molar-refractivity contribution in [3.8, 4) is 0 Å². The van der Waals surface area contributed by atoms with Crippen LogP contribution >= 0.6 is 22.6 Å². The van der Waals surface area contributed by atoms with Gasteiger partial charge in [-0.3, -0.25) is 5.43 Å². The van der Waals surface area contributed by atoms with Crippen LogP contribution in [-0.4, -0.2) is 5.84 Å². The van der Waals surface area contributed by atoms with Crippen molar-refractivity contribution in [2.75, 3.05) is 5.43 Å². The van der Waals surface area contributed by atoms with Crippen LogP contribution in [0.3, 0.4) is 0 Å². The van der Waals surface area contributed by atoms with Crippen molar-refractivity contribution in [1.29, 1.82) is 0 Å². The third-order valence-electron chi connectivity index (χ3n) is 3.18. The van der Waals surface area contributed by atoms with Crippen LogP contribution in [0.4, 0.5) is 11.4 Å². The van der Waals surface area contributed by atoms with Crippen LogP contribution in [0.25, 0.3) is 0 Å². The third kappa shape index (κ3) is 4.73. The van der Waals surface area contributed by atoms with Crippen LogP contribution in [-0.2, 0) is 0 Å². The summed E-state index contributed by atoms with van der Waals surface area (Å²) >= 11 is 2.27. The number of hydrazone groups is 1. The fraction of sp³-hybridized carbons (Fsp3) is 0. The quantitative estimate of drug-likeness (QED) is 0.184. The summed E-state index contributed by atoms with van der Waals surface area (Å²) in [5, 5.41) is 13.0. The fourth-order valence-electron chi connectivity index (χ4n) is 1.97. The fourth-order valence-corrected chi connectivity index (χ4v) is 2.33. The second kappa shape index (κ2) is 8.35. The lowest BCUT2D eigenvalue weighted by Gasteiger charge is -2.03. The first-order chi connectivity index (χ1) is 11.8. The molecule has 3 aromatic rings. The zero-order valence-electron chi connectivity index (χ0n) is 12.8. The van der Waals surface area contributed by atoms with Gasteiger partial charge in [-0.15, -0.1) is 10.2 Å². The summed E-state index contributed by atoms with van der Waals surface area (Å²) in [6.07, 6.45) is 0. The first-order valence-corrected chi connectivity index (χ1v) is 8.50. The molecule has 118 valence electrons. The van der Waals surface area contributed by atoms with Crippen molar-refractivity contribution >= 4 is 39.8 Å². The van der Waals surface area contributed by atoms with Crippen LogP contribution in [0.5, 0.6) is 0 Å². The zero-order valence-corrected chi connectivity index (χ0v) is 15.0. The van der Waals surface area contributed by atoms with Crippen LogP contribution in [0.1, 0.15) is 5.56 Å². The average molecular weight is 426 g/mol. The van der Waals surface area contributed by atoms with Gasteiger partial charge < -0.3 is 0 Å². The van der Waals surface area contributed by atoms with Gasteiger partial charge >= 0.3 is 0 Å². The molecule has 0 amide bonds. The first kappa shape index (κ1) is 16.3. The zero-order chi connectivity index (χ0) is 16.6. The minimum Gasteiger partial charge on any atom is -0.276 e. The lowest BCUT2D eigenvalue weighted by molar-refractivity contribution is 1.22. The number of anilines is 1. The monoisotopic (exact) mass is 426 g/mol. The average Bonchev–Trinajstić information content (AvgIpc) is 2.65. The predicted molar refractivity (Wildman–Crippen MR) is 107 cm³/mol. The van der Waals surface area contributed by atoms with Gasteiger partial charge in [0.1, 0.15) is 0 Å². The first-order valence-electron chi connectivity index (χ1n) is 7.43. The summed E-state index contributed by atoms with van der Waals surface area (Å²) in [4.78, 5) is 0. The molecule has 0 aromatic heterocycles. The minimum absolute atomic E-state index is 0.526. The van der Waals surface area contributed by atoms with Gasteiger partial charge in [0.25, 0.3) is 0 Å². The molecule has 0 fully saturated rings. The SMILES string of the molecule is Ic1ccc(N/N=C(/N=N/c2ccccc2)c2ccccc2)cc1. The Morgan fingerprint density at radius 2 is 1.38 bits per heavy atom. The normalized spacial score (nSPS) is 11.6. The van der Waals surface area contributed by atoms with E-state index < -0.39 is 0 Å². The molecule has 1 N–H and O–H groups in total. The Morgan fingerprint density at radius 3 is 2.04 bits per heavy atom. The van der Waals surface area contributed by atoms with Crippen LogP contribution in [0.15, 0.2) is 100 Å². The van der Waals surface area contributed by atoms with Crippen molar-refractivity contribution in [1.82, 2.24) is 0 Å². The Bertz CT molecular complexity index is 828. The van der Waals surface area contributed by atoms with Crippen LogP contribution in [0, 0.1) is 3.57 Å². The Hall–Kier alpha value is -2.54. The molecule has 0 aliphatic carbocycles. The molecule has 3 aromatic carbocycles. The Morgan fingerprint density at radius 1 is 0.750 bits per heavy atom. The summed E-state index contributed by atoms with van der Waals surface area (Å²) < 4.78 is 1.18. The molecule has 0 radical (unpaired) electrons. The summed E-state index contributed by atoms with van der Waals surface area (Å²) in [5.74, 6) is 0.526. The maximum absolute atomic E-state index is 4.41. The summed E-state index contributed by atoms with van der Waals surface area (Å²) in [6.45, 7) is 0. The van der Waals surface area contributed by atoms with Crippen LogP contribution < -0.4 is 5.43 Å². The number of halogens is 1. The van der Waals surface area contributed by atoms with Crippen LogP contribution in [0.2, 0.25) is 0 Å². The van der Waals surface area contributed by atoms with E-state index >= 15 is 0 Å². The number of nitrogens with zero attached hydrogens (tertiary/aromatic N) is 3. The number of amidine groups is 1. The van der Waals surface area contributed by atoms with Crippen molar-refractivity contribution in [3.05, 3.63) is 94.1 Å². The molecule has 0 unspecified atom stereocenters. The van der Waals surface area contributed by atoms with E-state index in [4.69, 9.17) is 0 Å². The number of benzene rings is 3. The Kier molecular flexibility index (Phi) is 5.68. The molecule has 0 aliphatic heterocycles. The summed E-state index contributed by atoms with van der Waals surface area (Å²) in [6, 6.07) is 27.4. The number of azo groups is 1. The highest BCUT2D eigenvalue weighted by molar-refractivity contribution is 14.1. The Labute approximate surface area is 154 Å². The second-order valence-electron chi connectivity index (χ2n) is 4.96. The van der Waals surface area contributed by atoms with Crippen molar-refractivity contribution < 1.29 is 0 Å². The molecule has 0 bridgehead atoms. The molecule has 0 saturated carbocycles. The molecular formula is C19H15IN4. The van der Waals surface area contributed by atoms with Crippen molar-refractivity contribution in [2.45, 2.75) is 0 Å². The van der Waals surface area contributed by atoms with Crippen molar-refractivity contribution in [2.24, 2.45) is 15.3 Å². The highest BCUT2D eigenvalue weighted by Crippen LogP contribution is 2.14.